The molecule has 1 aromatic carbocycles. The van der Waals surface area contributed by atoms with Crippen molar-refractivity contribution in [2.24, 2.45) is 0 Å². The summed E-state index contributed by atoms with van der Waals surface area (Å²) in [6, 6.07) is 13.9. The van der Waals surface area contributed by atoms with E-state index in [9.17, 15) is 4.79 Å². The molecule has 0 spiro atoms. The van der Waals surface area contributed by atoms with E-state index < -0.39 is 0 Å². The summed E-state index contributed by atoms with van der Waals surface area (Å²) in [6.07, 6.45) is 9.76. The van der Waals surface area contributed by atoms with Gasteiger partial charge < -0.3 is 10.1 Å². The normalized spacial score (nSPS) is 15.7. The van der Waals surface area contributed by atoms with E-state index in [1.165, 1.54) is 0 Å². The maximum Gasteiger partial charge on any atom is 0.244 e. The van der Waals surface area contributed by atoms with Gasteiger partial charge in [0.25, 0.3) is 0 Å². The van der Waals surface area contributed by atoms with E-state index in [4.69, 9.17) is 9.84 Å². The number of para-hydroxylation sites is 1. The Labute approximate surface area is 188 Å². The molecule has 7 heteroatoms. The lowest BCUT2D eigenvalue weighted by molar-refractivity contribution is -0.117. The Kier molecular flexibility index (Phi) is 7.42. The van der Waals surface area contributed by atoms with E-state index in [1.807, 2.05) is 66.3 Å². The molecule has 32 heavy (non-hydrogen) atoms. The van der Waals surface area contributed by atoms with Gasteiger partial charge in [-0.1, -0.05) is 18.2 Å². The van der Waals surface area contributed by atoms with Gasteiger partial charge >= 0.3 is 0 Å². The van der Waals surface area contributed by atoms with Crippen molar-refractivity contribution in [3.8, 4) is 16.9 Å². The van der Waals surface area contributed by atoms with Gasteiger partial charge in [0.2, 0.25) is 5.91 Å². The van der Waals surface area contributed by atoms with Gasteiger partial charge in [0.15, 0.2) is 0 Å². The van der Waals surface area contributed by atoms with Crippen LogP contribution in [0.25, 0.3) is 23.0 Å². The van der Waals surface area contributed by atoms with Gasteiger partial charge in [0.05, 0.1) is 18.9 Å². The third-order valence-corrected chi connectivity index (χ3v) is 5.48. The van der Waals surface area contributed by atoms with Crippen molar-refractivity contribution in [2.45, 2.75) is 19.4 Å². The van der Waals surface area contributed by atoms with Gasteiger partial charge in [0.1, 0.15) is 5.69 Å². The number of nitrogens with one attached hydrogen (secondary N) is 1. The predicted molar refractivity (Wildman–Crippen MR) is 125 cm³/mol. The molecule has 1 N–H and O–H groups in total. The zero-order valence-electron chi connectivity index (χ0n) is 18.4. The molecule has 1 saturated heterocycles. The first kappa shape index (κ1) is 21.9. The van der Waals surface area contributed by atoms with E-state index in [2.05, 4.69) is 15.2 Å². The predicted octanol–water partition coefficient (Wildman–Crippen LogP) is 3.17. The quantitative estimate of drug-likeness (QED) is 0.555. The molecule has 4 rings (SSSR count). The van der Waals surface area contributed by atoms with E-state index in [0.717, 1.165) is 61.8 Å². The lowest BCUT2D eigenvalue weighted by Gasteiger charge is -2.27. The van der Waals surface area contributed by atoms with Crippen LogP contribution in [-0.4, -0.2) is 64.5 Å². The Morgan fingerprint density at radius 1 is 1.19 bits per heavy atom. The molecule has 1 atom stereocenters. The molecule has 0 saturated carbocycles. The average molecular weight is 432 g/mol. The number of nitrogens with zero attached hydrogens (tertiary/aromatic N) is 4. The van der Waals surface area contributed by atoms with Crippen LogP contribution in [0.5, 0.6) is 0 Å². The minimum Gasteiger partial charge on any atom is -0.379 e. The molecule has 1 aliphatic heterocycles. The van der Waals surface area contributed by atoms with Crippen LogP contribution in [0.4, 0.5) is 0 Å². The first-order valence-corrected chi connectivity index (χ1v) is 11.0. The Balaban J connectivity index is 1.43. The van der Waals surface area contributed by atoms with Gasteiger partial charge in [-0.25, -0.2) is 4.68 Å². The molecule has 1 fully saturated rings. The third-order valence-electron chi connectivity index (χ3n) is 5.48. The third kappa shape index (κ3) is 5.90. The number of rotatable bonds is 8. The number of aromatic nitrogens is 3. The number of amides is 1. The molecule has 7 nitrogen and oxygen atoms in total. The van der Waals surface area contributed by atoms with Crippen molar-refractivity contribution < 1.29 is 9.53 Å². The molecule has 0 bridgehead atoms. The number of hydrogen-bond acceptors (Lipinski definition) is 5. The van der Waals surface area contributed by atoms with Gasteiger partial charge in [-0.05, 0) is 43.7 Å². The second-order valence-corrected chi connectivity index (χ2v) is 7.94. The standard InChI is InChI=1S/C25H29N5O2/c1-20(11-13-29-14-16-32-17-15-29)27-24(31)10-9-22-19-30(23-7-3-2-4-8-23)28-25(22)21-6-5-12-26-18-21/h2-10,12,18-20H,11,13-17H2,1H3,(H,27,31). The van der Waals surface area contributed by atoms with Crippen LogP contribution in [0.1, 0.15) is 18.9 Å². The zero-order chi connectivity index (χ0) is 22.2. The molecule has 1 aliphatic rings. The minimum atomic E-state index is -0.107. The molecule has 0 aliphatic carbocycles. The maximum atomic E-state index is 12.5. The Bertz CT molecular complexity index is 1030. The highest BCUT2D eigenvalue weighted by molar-refractivity contribution is 5.93. The lowest BCUT2D eigenvalue weighted by atomic mass is 10.1. The van der Waals surface area contributed by atoms with E-state index in [-0.39, 0.29) is 11.9 Å². The summed E-state index contributed by atoms with van der Waals surface area (Å²) in [5, 5.41) is 7.81. The summed E-state index contributed by atoms with van der Waals surface area (Å²) in [7, 11) is 0. The van der Waals surface area contributed by atoms with Crippen LogP contribution in [0.15, 0.2) is 67.1 Å². The number of morpholine rings is 1. The van der Waals surface area contributed by atoms with Gasteiger partial charge in [0, 0.05) is 61.5 Å². The number of ether oxygens (including phenoxy) is 1. The second-order valence-electron chi connectivity index (χ2n) is 7.94. The fraction of sp³-hybridized carbons (Fsp3) is 0.320. The Morgan fingerprint density at radius 2 is 2.00 bits per heavy atom. The summed E-state index contributed by atoms with van der Waals surface area (Å²) in [6.45, 7) is 6.51. The summed E-state index contributed by atoms with van der Waals surface area (Å²) >= 11 is 0. The maximum absolute atomic E-state index is 12.5. The highest BCUT2D eigenvalue weighted by atomic mass is 16.5. The molecular formula is C25H29N5O2. The van der Waals surface area contributed by atoms with E-state index in [0.29, 0.717) is 0 Å². The van der Waals surface area contributed by atoms with Crippen molar-refractivity contribution in [3.63, 3.8) is 0 Å². The van der Waals surface area contributed by atoms with Crippen LogP contribution >= 0.6 is 0 Å². The molecule has 1 unspecified atom stereocenters. The minimum absolute atomic E-state index is 0.0971. The number of pyridine rings is 1. The smallest absolute Gasteiger partial charge is 0.244 e. The lowest BCUT2D eigenvalue weighted by Crippen LogP contribution is -2.40. The van der Waals surface area contributed by atoms with Crippen LogP contribution < -0.4 is 5.32 Å². The van der Waals surface area contributed by atoms with Crippen molar-refractivity contribution in [2.75, 3.05) is 32.8 Å². The number of carbonyl (C=O) groups is 1. The molecule has 3 aromatic rings. The van der Waals surface area contributed by atoms with Crippen LogP contribution in [0.2, 0.25) is 0 Å². The molecule has 166 valence electrons. The zero-order valence-corrected chi connectivity index (χ0v) is 18.4. The van der Waals surface area contributed by atoms with Gasteiger partial charge in [-0.2, -0.15) is 5.10 Å². The van der Waals surface area contributed by atoms with Crippen molar-refractivity contribution in [1.82, 2.24) is 25.0 Å². The summed E-state index contributed by atoms with van der Waals surface area (Å²) in [5.74, 6) is -0.107. The average Bonchev–Trinajstić information content (AvgIpc) is 3.28. The van der Waals surface area contributed by atoms with E-state index in [1.54, 1.807) is 18.5 Å². The van der Waals surface area contributed by atoms with Crippen LogP contribution in [-0.2, 0) is 9.53 Å². The summed E-state index contributed by atoms with van der Waals surface area (Å²) in [4.78, 5) is 19.1. The monoisotopic (exact) mass is 431 g/mol. The highest BCUT2D eigenvalue weighted by Gasteiger charge is 2.13. The van der Waals surface area contributed by atoms with Crippen LogP contribution in [0, 0.1) is 0 Å². The van der Waals surface area contributed by atoms with E-state index >= 15 is 0 Å². The van der Waals surface area contributed by atoms with Crippen molar-refractivity contribution in [3.05, 3.63) is 72.7 Å². The topological polar surface area (TPSA) is 72.3 Å². The van der Waals surface area contributed by atoms with Gasteiger partial charge in [-0.15, -0.1) is 0 Å². The SMILES string of the molecule is CC(CCN1CCOCC1)NC(=O)C=Cc1cn(-c2ccccc2)nc1-c1cccnc1. The van der Waals surface area contributed by atoms with Crippen LogP contribution in [0.3, 0.4) is 0 Å². The molecule has 2 aromatic heterocycles. The molecular weight excluding hydrogens is 402 g/mol. The van der Waals surface area contributed by atoms with Crippen molar-refractivity contribution >= 4 is 12.0 Å². The molecule has 3 heterocycles. The van der Waals surface area contributed by atoms with Crippen molar-refractivity contribution in [1.29, 1.82) is 0 Å². The number of hydrogen-bond donors (Lipinski definition) is 1. The Hall–Kier alpha value is -3.29. The Morgan fingerprint density at radius 3 is 2.75 bits per heavy atom. The fourth-order valence-corrected chi connectivity index (χ4v) is 3.68. The largest absolute Gasteiger partial charge is 0.379 e. The van der Waals surface area contributed by atoms with Gasteiger partial charge in [-0.3, -0.25) is 14.7 Å². The molecule has 0 radical (unpaired) electrons. The number of benzene rings is 1. The first-order chi connectivity index (χ1) is 15.7. The first-order valence-electron chi connectivity index (χ1n) is 11.0. The highest BCUT2D eigenvalue weighted by Crippen LogP contribution is 2.24. The number of carbonyl (C=O) groups excluding carboxylic acids is 1. The summed E-state index contributed by atoms with van der Waals surface area (Å²) < 4.78 is 7.21. The fourth-order valence-electron chi connectivity index (χ4n) is 3.68. The molecule has 1 amide bonds. The summed E-state index contributed by atoms with van der Waals surface area (Å²) in [5.41, 5.74) is 3.50. The second kappa shape index (κ2) is 10.8.